The first-order valence-corrected chi connectivity index (χ1v) is 46.9. The van der Waals surface area contributed by atoms with Crippen LogP contribution in [0.15, 0.2) is 0 Å². The molecule has 12 saturated heterocycles. The molecule has 0 bridgehead atoms. The number of amides is 5. The van der Waals surface area contributed by atoms with E-state index in [0.717, 1.165) is 34.6 Å². The predicted octanol–water partition coefficient (Wildman–Crippen LogP) is -24.4. The summed E-state index contributed by atoms with van der Waals surface area (Å²) in [7, 11) is 0. The van der Waals surface area contributed by atoms with E-state index >= 15 is 0 Å². The zero-order valence-electron chi connectivity index (χ0n) is 79.0. The number of hydrogen-bond donors (Lipinski definition) is 36. The average molecular weight is 2140 g/mol. The van der Waals surface area contributed by atoms with Crippen molar-refractivity contribution in [2.24, 2.45) is 0 Å². The Balaban J connectivity index is 0.793. The molecule has 0 unspecified atom stereocenters. The first-order chi connectivity index (χ1) is 69.0. The Hall–Kier alpha value is -4.81. The molecule has 60 atom stereocenters. The van der Waals surface area contributed by atoms with Crippen LogP contribution in [0.5, 0.6) is 0 Å². The quantitative estimate of drug-likeness (QED) is 0.0275. The molecule has 0 aliphatic carbocycles. The summed E-state index contributed by atoms with van der Waals surface area (Å²) in [5.41, 5.74) is 0. The fourth-order valence-corrected chi connectivity index (χ4v) is 19.1. The van der Waals surface area contributed by atoms with Crippen molar-refractivity contribution in [2.45, 2.75) is 417 Å². The maximum atomic E-state index is 13.4. The van der Waals surface area contributed by atoms with Crippen LogP contribution < -0.4 is 26.6 Å². The zero-order chi connectivity index (χ0) is 107. The second-order valence-electron chi connectivity index (χ2n) is 37.3. The first kappa shape index (κ1) is 120. The molecule has 0 spiro atoms. The molecule has 146 heavy (non-hydrogen) atoms. The molecule has 0 aromatic carbocycles. The van der Waals surface area contributed by atoms with Gasteiger partial charge in [-0.05, 0) is 13.8 Å². The topological polar surface area (TPSA) is 985 Å². The Bertz CT molecular complexity index is 4090. The third-order valence-corrected chi connectivity index (χ3v) is 27.0. The fourth-order valence-electron chi connectivity index (χ4n) is 19.1. The van der Waals surface area contributed by atoms with E-state index in [9.17, 15) is 182 Å². The highest BCUT2D eigenvalue weighted by Gasteiger charge is 2.64. The SMILES string of the molecule is CC(=O)N[C@@H]1[C@@H](O[C@@H]2O[C@H](CO)[C@H](O)[C@H](O[C@@H]3O[C@H](CO)[C@@H](O[C@@H]4O[C@H](CO[C@@H]5O[C@H](CO)[C@@H](O)[C@H](O)[C@H]5NC(C)=O)[C@H](O)[C@H](O[C@@H]5O[C@H](CO)[C@@H](O[C@@H]6O[C@H](CO)[C@H](O)[C@H](O[C@H]7O[C@H](CO)[C@H](O)[C@H](O)[C@H]7O)[C@H]6O[C@@H]6O[C@@H](C)[C@@H](O)[C@@H](O)[C@@H]6O)[C@H](O)[C@H]5NC(C)=O)[C@H]4O)[C@H](O)[C@H]3NC(C)=O)[C@H]2O)[C@@H](O)[C@@H](CO[C@@H]2O[C@H](CO)[C@@H](O[C@@H]3O[C@H](CO)[C@H](O)[C@H](O)[C@H]3O[C@@H]3O[C@@H](C)[C@@H](O)[C@@H](O)[C@@H]3O)[C@H](O)[C@H]2NC(C)=O)O[C@@H]1O. The summed E-state index contributed by atoms with van der Waals surface area (Å²) in [6.07, 6.45) is -114. The van der Waals surface area contributed by atoms with Crippen LogP contribution in [-0.2, 0) is 133 Å². The summed E-state index contributed by atoms with van der Waals surface area (Å²) in [6, 6.07) is -9.73. The molecule has 12 rings (SSSR count). The number of carbonyl (C=O) groups excluding carboxylic acids is 5. The van der Waals surface area contributed by atoms with E-state index in [1.54, 1.807) is 0 Å². The number of carbonyl (C=O) groups is 5. The van der Waals surface area contributed by atoms with Crippen molar-refractivity contribution in [3.63, 3.8) is 0 Å². The van der Waals surface area contributed by atoms with Gasteiger partial charge in [-0.3, -0.25) is 24.0 Å². The predicted molar refractivity (Wildman–Crippen MR) is 450 cm³/mol. The van der Waals surface area contributed by atoms with E-state index in [2.05, 4.69) is 26.6 Å². The minimum atomic E-state index is -2.59. The molecule has 64 nitrogen and oxygen atoms in total. The number of ether oxygens (including phenoxy) is 23. The smallest absolute Gasteiger partial charge is 0.217 e. The lowest BCUT2D eigenvalue weighted by molar-refractivity contribution is -0.405. The Morgan fingerprint density at radius 1 is 0.192 bits per heavy atom. The van der Waals surface area contributed by atoms with Gasteiger partial charge in [0.25, 0.3) is 0 Å². The van der Waals surface area contributed by atoms with Gasteiger partial charge in [-0.1, -0.05) is 0 Å². The summed E-state index contributed by atoms with van der Waals surface area (Å²) in [5.74, 6) is -4.82. The van der Waals surface area contributed by atoms with Crippen LogP contribution in [0.25, 0.3) is 0 Å². The molecule has 0 aromatic heterocycles. The Morgan fingerprint density at radius 2 is 0.432 bits per heavy atom. The lowest BCUT2D eigenvalue weighted by Crippen LogP contribution is -2.71. The van der Waals surface area contributed by atoms with Crippen LogP contribution in [0.4, 0.5) is 0 Å². The monoisotopic (exact) mass is 2140 g/mol. The van der Waals surface area contributed by atoms with Crippen LogP contribution in [-0.4, -0.2) is 622 Å². The molecule has 64 heteroatoms. The number of rotatable bonds is 37. The minimum Gasteiger partial charge on any atom is -0.394 e. The summed E-state index contributed by atoms with van der Waals surface area (Å²) >= 11 is 0. The summed E-state index contributed by atoms with van der Waals surface area (Å²) in [5, 5.41) is 362. The highest BCUT2D eigenvalue weighted by atomic mass is 16.8. The van der Waals surface area contributed by atoms with Gasteiger partial charge in [0.1, 0.15) is 280 Å². The van der Waals surface area contributed by atoms with Gasteiger partial charge in [-0.15, -0.1) is 0 Å². The summed E-state index contributed by atoms with van der Waals surface area (Å²) in [4.78, 5) is 65.3. The molecule has 0 aromatic rings. The van der Waals surface area contributed by atoms with E-state index in [0.29, 0.717) is 0 Å². The average Bonchev–Trinajstić information content (AvgIpc) is 0.758. The van der Waals surface area contributed by atoms with E-state index in [-0.39, 0.29) is 0 Å². The van der Waals surface area contributed by atoms with Crippen molar-refractivity contribution in [3.8, 4) is 0 Å². The van der Waals surface area contributed by atoms with Gasteiger partial charge in [0.05, 0.1) is 78.3 Å². The van der Waals surface area contributed by atoms with Crippen molar-refractivity contribution in [3.05, 3.63) is 0 Å². The Kier molecular flexibility index (Phi) is 42.8. The molecule has 12 fully saturated rings. The standard InChI is InChI=1S/C82H137N5O59/c1-18-40(101)53(114)57(118)76(126-18)145-69-56(117)44(105)27(10-90)132-81(69)139-63-30(13-93)134-73(36(50(63)111)84-21(4)97)124-16-33-47(108)65(39(71(123)128-33)87-24(7)100)141-79-60(121)66(45(106)28(11-91)131-79)142-74-37(85-22(5)98)51(112)62(31(14-94)135-74)138-80-61(122)67(48(109)34(137-80)17-125-72-35(83-20(3)96)49(110)42(103)25(8-88)129-72)143-75-38(86-23(6)99)52(113)64(32(15-95)136-75)140-82-70(146-77-58(119)54(115)41(102)19(2)127-77)68(46(107)29(12-92)133-82)144-78-59(120)55(116)43(104)26(9-89)130-78/h18-19,25-82,88-95,101-123H,8-17H2,1-7H3,(H,83,96)(H,84,97)(H,85,98)(H,86,99)(H,87,100)/t18-,19-,25+,26+,27+,28+,29+,30+,31+,32+,33+,34+,35+,36+,37+,38+,39+,40+,41+,42+,43-,44-,45-,46-,47-,48-,49+,50+,51+,52+,53+,54+,55-,56-,57-,58-,59+,60+,61+,62+,63+,64+,65+,66-,67-,68-,69+,70+,71-,72+,73+,74-,75-,76-,77-,78+,79-,80-,81-,82-/m0/s1. The largest absolute Gasteiger partial charge is 0.394 e. The van der Waals surface area contributed by atoms with Gasteiger partial charge in [0.15, 0.2) is 75.5 Å². The second-order valence-corrected chi connectivity index (χ2v) is 37.3. The van der Waals surface area contributed by atoms with Crippen LogP contribution in [0.1, 0.15) is 48.5 Å². The molecule has 12 aliphatic heterocycles. The molecular formula is C82H137N5O59. The number of nitrogens with one attached hydrogen (secondary N) is 5. The third kappa shape index (κ3) is 26.4. The van der Waals surface area contributed by atoms with E-state index < -0.39 is 464 Å². The Labute approximate surface area is 827 Å². The van der Waals surface area contributed by atoms with Crippen LogP contribution in [0, 0.1) is 0 Å². The van der Waals surface area contributed by atoms with E-state index in [4.69, 9.17) is 109 Å². The normalized spacial score (nSPS) is 49.8. The van der Waals surface area contributed by atoms with E-state index in [1.165, 1.54) is 13.8 Å². The second kappa shape index (κ2) is 52.2. The van der Waals surface area contributed by atoms with Crippen LogP contribution >= 0.6 is 0 Å². The van der Waals surface area contributed by atoms with Gasteiger partial charge in [0, 0.05) is 34.6 Å². The summed E-state index contributed by atoms with van der Waals surface area (Å²) in [6.45, 7) is -4.12. The third-order valence-electron chi connectivity index (χ3n) is 27.0. The minimum absolute atomic E-state index is 0.861. The Morgan fingerprint density at radius 3 is 0.829 bits per heavy atom. The lowest BCUT2D eigenvalue weighted by atomic mass is 9.93. The van der Waals surface area contributed by atoms with Gasteiger partial charge < -0.3 is 294 Å². The van der Waals surface area contributed by atoms with Gasteiger partial charge in [-0.25, -0.2) is 0 Å². The van der Waals surface area contributed by atoms with E-state index in [1.807, 2.05) is 0 Å². The molecule has 0 saturated carbocycles. The fraction of sp³-hybridized carbons (Fsp3) is 0.939. The maximum Gasteiger partial charge on any atom is 0.217 e. The van der Waals surface area contributed by atoms with Crippen LogP contribution in [0.3, 0.4) is 0 Å². The first-order valence-electron chi connectivity index (χ1n) is 46.9. The lowest BCUT2D eigenvalue weighted by Gasteiger charge is -2.52. The number of aliphatic hydroxyl groups excluding tert-OH is 31. The van der Waals surface area contributed by atoms with Crippen molar-refractivity contribution in [1.29, 1.82) is 0 Å². The molecule has 12 aliphatic rings. The summed E-state index contributed by atoms with van der Waals surface area (Å²) < 4.78 is 137. The van der Waals surface area contributed by atoms with Crippen molar-refractivity contribution >= 4 is 29.5 Å². The molecule has 844 valence electrons. The molecule has 5 amide bonds. The molecule has 12 heterocycles. The zero-order valence-corrected chi connectivity index (χ0v) is 79.0. The van der Waals surface area contributed by atoms with Crippen molar-refractivity contribution < 1.29 is 291 Å². The van der Waals surface area contributed by atoms with Gasteiger partial charge in [0.2, 0.25) is 29.5 Å². The number of aliphatic hydroxyl groups is 31. The highest BCUT2D eigenvalue weighted by Crippen LogP contribution is 2.43. The molecule has 0 radical (unpaired) electrons. The maximum absolute atomic E-state index is 13.4. The number of hydrogen-bond acceptors (Lipinski definition) is 59. The highest BCUT2D eigenvalue weighted by molar-refractivity contribution is 5.75. The van der Waals surface area contributed by atoms with Crippen molar-refractivity contribution in [2.75, 3.05) is 66.1 Å². The van der Waals surface area contributed by atoms with Crippen molar-refractivity contribution in [1.82, 2.24) is 26.6 Å². The van der Waals surface area contributed by atoms with Crippen LogP contribution in [0.2, 0.25) is 0 Å². The molecular weight excluding hydrogens is 2000 g/mol. The van der Waals surface area contributed by atoms with Gasteiger partial charge in [-0.2, -0.15) is 0 Å². The van der Waals surface area contributed by atoms with Gasteiger partial charge >= 0.3 is 0 Å². The molecule has 36 N–H and O–H groups in total.